The lowest BCUT2D eigenvalue weighted by molar-refractivity contribution is 0.0732. The first-order valence-corrected chi connectivity index (χ1v) is 12.0. The summed E-state index contributed by atoms with van der Waals surface area (Å²) in [5.41, 5.74) is 0.930. The molecule has 0 saturated carbocycles. The number of carbonyl (C=O) groups is 1. The SMILES string of the molecule is Cc1cc(S(=O)(=O)[O-])c(C(C)C)cc1C(=O)Oc1cc(I)c(I)cc1I. The fourth-order valence-corrected chi connectivity index (χ4v) is 5.31. The molecule has 0 radical (unpaired) electrons. The summed E-state index contributed by atoms with van der Waals surface area (Å²) in [6.07, 6.45) is 0. The summed E-state index contributed by atoms with van der Waals surface area (Å²) in [5.74, 6) is -0.388. The lowest BCUT2D eigenvalue weighted by Crippen LogP contribution is -2.14. The zero-order valence-electron chi connectivity index (χ0n) is 14.0. The number of halogens is 3. The average molecular weight is 711 g/mol. The Morgan fingerprint density at radius 3 is 2.15 bits per heavy atom. The third-order valence-electron chi connectivity index (χ3n) is 3.65. The van der Waals surface area contributed by atoms with Gasteiger partial charge in [0.1, 0.15) is 15.9 Å². The van der Waals surface area contributed by atoms with Crippen molar-refractivity contribution < 1.29 is 22.5 Å². The molecule has 0 heterocycles. The molecule has 0 aliphatic carbocycles. The van der Waals surface area contributed by atoms with Crippen LogP contribution in [0, 0.1) is 17.6 Å². The molecule has 0 saturated heterocycles. The summed E-state index contributed by atoms with van der Waals surface area (Å²) in [6.45, 7) is 5.11. The van der Waals surface area contributed by atoms with E-state index in [1.54, 1.807) is 26.8 Å². The van der Waals surface area contributed by atoms with Gasteiger partial charge in [0.2, 0.25) is 0 Å². The van der Waals surface area contributed by atoms with Gasteiger partial charge >= 0.3 is 5.97 Å². The normalized spacial score (nSPS) is 11.7. The van der Waals surface area contributed by atoms with E-state index in [1.165, 1.54) is 12.1 Å². The second-order valence-corrected chi connectivity index (χ2v) is 10.7. The Morgan fingerprint density at radius 1 is 1.04 bits per heavy atom. The van der Waals surface area contributed by atoms with E-state index in [9.17, 15) is 17.8 Å². The Kier molecular flexibility index (Phi) is 7.35. The first-order chi connectivity index (χ1) is 11.9. The fraction of sp³-hybridized carbons (Fsp3) is 0.235. The summed E-state index contributed by atoms with van der Waals surface area (Å²) in [5, 5.41) is 0. The summed E-state index contributed by atoms with van der Waals surface area (Å²) < 4.78 is 42.9. The molecule has 0 aliphatic heterocycles. The number of hydrogen-bond acceptors (Lipinski definition) is 5. The highest BCUT2D eigenvalue weighted by Crippen LogP contribution is 2.30. The molecule has 0 aliphatic rings. The minimum absolute atomic E-state index is 0.236. The van der Waals surface area contributed by atoms with Crippen LogP contribution in [0.4, 0.5) is 0 Å². The predicted octanol–water partition coefficient (Wildman–Crippen LogP) is 5.06. The molecule has 9 heteroatoms. The van der Waals surface area contributed by atoms with Crippen molar-refractivity contribution in [1.82, 2.24) is 0 Å². The Morgan fingerprint density at radius 2 is 1.62 bits per heavy atom. The van der Waals surface area contributed by atoms with E-state index in [0.29, 0.717) is 16.9 Å². The maximum absolute atomic E-state index is 12.7. The van der Waals surface area contributed by atoms with Crippen LogP contribution < -0.4 is 4.74 Å². The van der Waals surface area contributed by atoms with Gasteiger partial charge in [-0.3, -0.25) is 0 Å². The molecule has 0 atom stereocenters. The van der Waals surface area contributed by atoms with E-state index >= 15 is 0 Å². The molecule has 0 spiro atoms. The maximum Gasteiger partial charge on any atom is 0.343 e. The topological polar surface area (TPSA) is 83.5 Å². The molecule has 0 unspecified atom stereocenters. The molecule has 0 amide bonds. The summed E-state index contributed by atoms with van der Waals surface area (Å²) in [7, 11) is -4.62. The smallest absolute Gasteiger partial charge is 0.343 e. The minimum Gasteiger partial charge on any atom is -0.744 e. The van der Waals surface area contributed by atoms with Crippen molar-refractivity contribution in [2.45, 2.75) is 31.6 Å². The van der Waals surface area contributed by atoms with Crippen molar-refractivity contribution in [1.29, 1.82) is 0 Å². The van der Waals surface area contributed by atoms with Gasteiger partial charge in [-0.25, -0.2) is 13.2 Å². The van der Waals surface area contributed by atoms with Crippen molar-refractivity contribution >= 4 is 83.9 Å². The van der Waals surface area contributed by atoms with Gasteiger partial charge in [-0.1, -0.05) is 13.8 Å². The Hall–Kier alpha value is 0.0100. The largest absolute Gasteiger partial charge is 0.744 e. The first-order valence-electron chi connectivity index (χ1n) is 7.39. The highest BCUT2D eigenvalue weighted by Gasteiger charge is 2.20. The minimum atomic E-state index is -4.62. The van der Waals surface area contributed by atoms with Gasteiger partial charge in [0.25, 0.3) is 0 Å². The third-order valence-corrected chi connectivity index (χ3v) is 8.20. The molecule has 0 N–H and O–H groups in total. The standard InChI is InChI=1S/C17H15I3O5S/c1-8(2)10-5-11(9(3)4-16(10)26(22,23)24)17(21)25-15-7-13(19)12(18)6-14(15)20/h4-8H,1-3H3,(H,22,23,24)/p-1. The van der Waals surface area contributed by atoms with Gasteiger partial charge in [-0.15, -0.1) is 0 Å². The Balaban J connectivity index is 2.50. The van der Waals surface area contributed by atoms with Crippen molar-refractivity contribution in [3.8, 4) is 5.75 Å². The van der Waals surface area contributed by atoms with Gasteiger partial charge in [0.15, 0.2) is 0 Å². The van der Waals surface area contributed by atoms with Gasteiger partial charge < -0.3 is 9.29 Å². The van der Waals surface area contributed by atoms with Crippen LogP contribution in [0.15, 0.2) is 29.2 Å². The molecular formula is C17H14I3O5S-. The molecule has 5 nitrogen and oxygen atoms in total. The lowest BCUT2D eigenvalue weighted by Gasteiger charge is -2.18. The van der Waals surface area contributed by atoms with Crippen LogP contribution in [0.1, 0.15) is 41.3 Å². The van der Waals surface area contributed by atoms with E-state index in [4.69, 9.17) is 4.74 Å². The molecule has 2 aromatic rings. The highest BCUT2D eigenvalue weighted by atomic mass is 127. The highest BCUT2D eigenvalue weighted by molar-refractivity contribution is 14.1. The van der Waals surface area contributed by atoms with E-state index in [1.807, 2.05) is 6.07 Å². The zero-order valence-corrected chi connectivity index (χ0v) is 21.3. The van der Waals surface area contributed by atoms with E-state index in [-0.39, 0.29) is 16.4 Å². The van der Waals surface area contributed by atoms with E-state index < -0.39 is 16.1 Å². The molecule has 26 heavy (non-hydrogen) atoms. The van der Waals surface area contributed by atoms with Crippen LogP contribution in [-0.2, 0) is 10.1 Å². The molecule has 0 fully saturated rings. The van der Waals surface area contributed by atoms with Crippen molar-refractivity contribution in [2.24, 2.45) is 0 Å². The lowest BCUT2D eigenvalue weighted by atomic mass is 9.97. The van der Waals surface area contributed by atoms with Crippen LogP contribution in [0.5, 0.6) is 5.75 Å². The number of esters is 1. The molecular weight excluding hydrogens is 697 g/mol. The molecule has 140 valence electrons. The van der Waals surface area contributed by atoms with Crippen molar-refractivity contribution in [3.05, 3.63) is 51.7 Å². The zero-order chi connectivity index (χ0) is 19.8. The van der Waals surface area contributed by atoms with Gasteiger partial charge in [0, 0.05) is 7.14 Å². The number of ether oxygens (including phenoxy) is 1. The van der Waals surface area contributed by atoms with E-state index in [0.717, 1.165) is 10.7 Å². The quantitative estimate of drug-likeness (QED) is 0.146. The Bertz CT molecular complexity index is 984. The summed E-state index contributed by atoms with van der Waals surface area (Å²) >= 11 is 6.45. The number of aryl methyl sites for hydroxylation is 1. The van der Waals surface area contributed by atoms with Crippen molar-refractivity contribution in [2.75, 3.05) is 0 Å². The molecule has 2 aromatic carbocycles. The van der Waals surface area contributed by atoms with Gasteiger partial charge in [-0.2, -0.15) is 0 Å². The maximum atomic E-state index is 12.7. The number of hydrogen-bond donors (Lipinski definition) is 0. The van der Waals surface area contributed by atoms with Gasteiger partial charge in [-0.05, 0) is 116 Å². The number of rotatable bonds is 4. The van der Waals surface area contributed by atoms with Crippen molar-refractivity contribution in [3.63, 3.8) is 0 Å². The second-order valence-electron chi connectivity index (χ2n) is 5.90. The molecule has 0 aromatic heterocycles. The van der Waals surface area contributed by atoms with Crippen LogP contribution >= 0.6 is 67.8 Å². The van der Waals surface area contributed by atoms with Crippen LogP contribution in [-0.4, -0.2) is 18.9 Å². The predicted molar refractivity (Wildman–Crippen MR) is 123 cm³/mol. The summed E-state index contributed by atoms with van der Waals surface area (Å²) in [6, 6.07) is 6.37. The molecule has 0 bridgehead atoms. The second kappa shape index (κ2) is 8.57. The average Bonchev–Trinajstić information content (AvgIpc) is 2.51. The van der Waals surface area contributed by atoms with Gasteiger partial charge in [0.05, 0.1) is 14.0 Å². The third kappa shape index (κ3) is 5.08. The Labute approximate surface area is 193 Å². The monoisotopic (exact) mass is 711 g/mol. The number of carbonyl (C=O) groups excluding carboxylic acids is 1. The van der Waals surface area contributed by atoms with Crippen LogP contribution in [0.3, 0.4) is 0 Å². The number of benzene rings is 2. The summed E-state index contributed by atoms with van der Waals surface area (Å²) in [4.78, 5) is 12.4. The first kappa shape index (κ1) is 22.3. The van der Waals surface area contributed by atoms with Crippen LogP contribution in [0.2, 0.25) is 0 Å². The van der Waals surface area contributed by atoms with E-state index in [2.05, 4.69) is 67.8 Å². The molecule has 2 rings (SSSR count). The fourth-order valence-electron chi connectivity index (χ4n) is 2.32. The van der Waals surface area contributed by atoms with Crippen LogP contribution in [0.25, 0.3) is 0 Å².